The predicted octanol–water partition coefficient (Wildman–Crippen LogP) is 5.23. The van der Waals surface area contributed by atoms with E-state index < -0.39 is 0 Å². The molecule has 2 amide bonds. The molecule has 0 saturated carbocycles. The SMILES string of the molecule is CC.CCN(C)C(=O)c1cc(OC)c(OC)cc1Br.Cc1cc(O)c(O)cc1C(=O)N1CCCC1. The third kappa shape index (κ3) is 7.78. The van der Waals surface area contributed by atoms with E-state index in [1.807, 2.05) is 20.8 Å². The van der Waals surface area contributed by atoms with E-state index in [9.17, 15) is 19.8 Å². The minimum atomic E-state index is -0.242. The molecule has 8 nitrogen and oxygen atoms in total. The van der Waals surface area contributed by atoms with Crippen molar-refractivity contribution in [3.63, 3.8) is 0 Å². The topological polar surface area (TPSA) is 99.5 Å². The number of amides is 2. The Labute approximate surface area is 216 Å². The average molecular weight is 553 g/mol. The maximum Gasteiger partial charge on any atom is 0.254 e. The molecule has 194 valence electrons. The Kier molecular flexibility index (Phi) is 12.4. The number of carbonyl (C=O) groups excluding carboxylic acids is 2. The number of phenols is 2. The molecule has 0 bridgehead atoms. The van der Waals surface area contributed by atoms with Crippen molar-refractivity contribution in [2.75, 3.05) is 40.9 Å². The molecule has 1 aliphatic heterocycles. The largest absolute Gasteiger partial charge is 0.504 e. The van der Waals surface area contributed by atoms with Crippen LogP contribution in [-0.4, -0.2) is 72.7 Å². The molecule has 0 atom stereocenters. The monoisotopic (exact) mass is 552 g/mol. The lowest BCUT2D eigenvalue weighted by Gasteiger charge is -2.17. The lowest BCUT2D eigenvalue weighted by Crippen LogP contribution is -2.28. The first-order valence-electron chi connectivity index (χ1n) is 11.6. The van der Waals surface area contributed by atoms with Crippen LogP contribution < -0.4 is 9.47 Å². The Balaban J connectivity index is 0.000000327. The highest BCUT2D eigenvalue weighted by Crippen LogP contribution is 2.33. The van der Waals surface area contributed by atoms with Gasteiger partial charge in [0.05, 0.1) is 19.8 Å². The summed E-state index contributed by atoms with van der Waals surface area (Å²) in [6.07, 6.45) is 2.07. The van der Waals surface area contributed by atoms with Crippen molar-refractivity contribution in [1.82, 2.24) is 9.80 Å². The zero-order valence-corrected chi connectivity index (χ0v) is 23.2. The van der Waals surface area contributed by atoms with Gasteiger partial charge in [-0.25, -0.2) is 0 Å². The number of hydrogen-bond acceptors (Lipinski definition) is 6. The fraction of sp³-hybridized carbons (Fsp3) is 0.462. The Bertz CT molecular complexity index is 1010. The molecule has 3 rings (SSSR count). The molecule has 1 heterocycles. The Hall–Kier alpha value is -2.94. The highest BCUT2D eigenvalue weighted by Gasteiger charge is 2.22. The fourth-order valence-electron chi connectivity index (χ4n) is 3.37. The number of likely N-dealkylation sites (tertiary alicyclic amines) is 1. The summed E-state index contributed by atoms with van der Waals surface area (Å²) in [6.45, 7) is 9.88. The van der Waals surface area contributed by atoms with Crippen molar-refractivity contribution < 1.29 is 29.3 Å². The molecule has 0 aromatic heterocycles. The van der Waals surface area contributed by atoms with Crippen LogP contribution in [-0.2, 0) is 0 Å². The molecule has 0 radical (unpaired) electrons. The van der Waals surface area contributed by atoms with Gasteiger partial charge in [-0.05, 0) is 72.4 Å². The Morgan fingerprint density at radius 1 is 0.971 bits per heavy atom. The first-order chi connectivity index (χ1) is 16.6. The molecule has 0 unspecified atom stereocenters. The van der Waals surface area contributed by atoms with E-state index >= 15 is 0 Å². The maximum atomic E-state index is 12.1. The Morgan fingerprint density at radius 3 is 2.00 bits per heavy atom. The molecule has 35 heavy (non-hydrogen) atoms. The van der Waals surface area contributed by atoms with Gasteiger partial charge in [0, 0.05) is 36.7 Å². The van der Waals surface area contributed by atoms with E-state index in [4.69, 9.17) is 9.47 Å². The summed E-state index contributed by atoms with van der Waals surface area (Å²) in [5.41, 5.74) is 1.72. The van der Waals surface area contributed by atoms with Gasteiger partial charge in [0.25, 0.3) is 11.8 Å². The second-order valence-corrected chi connectivity index (χ2v) is 8.52. The van der Waals surface area contributed by atoms with E-state index in [0.717, 1.165) is 25.9 Å². The van der Waals surface area contributed by atoms with E-state index in [1.165, 1.54) is 12.1 Å². The predicted molar refractivity (Wildman–Crippen MR) is 141 cm³/mol. The molecule has 0 aliphatic carbocycles. The second kappa shape index (κ2) is 14.5. The summed E-state index contributed by atoms with van der Waals surface area (Å²) in [4.78, 5) is 27.5. The van der Waals surface area contributed by atoms with Gasteiger partial charge in [-0.1, -0.05) is 13.8 Å². The van der Waals surface area contributed by atoms with Crippen LogP contribution in [0.25, 0.3) is 0 Å². The van der Waals surface area contributed by atoms with Gasteiger partial charge in [-0.15, -0.1) is 0 Å². The number of benzene rings is 2. The Morgan fingerprint density at radius 2 is 1.49 bits per heavy atom. The van der Waals surface area contributed by atoms with Crippen LogP contribution in [0.5, 0.6) is 23.0 Å². The number of ether oxygens (including phenoxy) is 2. The van der Waals surface area contributed by atoms with Gasteiger partial charge < -0.3 is 29.5 Å². The number of hydrogen-bond donors (Lipinski definition) is 2. The lowest BCUT2D eigenvalue weighted by molar-refractivity contribution is 0.0787. The van der Waals surface area contributed by atoms with Gasteiger partial charge in [0.2, 0.25) is 0 Å². The van der Waals surface area contributed by atoms with Gasteiger partial charge in [0.1, 0.15) is 0 Å². The number of halogens is 1. The smallest absolute Gasteiger partial charge is 0.254 e. The molecule has 2 N–H and O–H groups in total. The number of rotatable bonds is 5. The minimum Gasteiger partial charge on any atom is -0.504 e. The van der Waals surface area contributed by atoms with Crippen LogP contribution in [0.3, 0.4) is 0 Å². The van der Waals surface area contributed by atoms with E-state index in [0.29, 0.717) is 39.2 Å². The number of carbonyl (C=O) groups is 2. The van der Waals surface area contributed by atoms with Crippen molar-refractivity contribution in [2.45, 2.75) is 40.5 Å². The van der Waals surface area contributed by atoms with Gasteiger partial charge in [0.15, 0.2) is 23.0 Å². The van der Waals surface area contributed by atoms with Crippen molar-refractivity contribution in [2.24, 2.45) is 0 Å². The first kappa shape index (κ1) is 30.1. The molecule has 1 saturated heterocycles. The molecule has 1 aliphatic rings. The molecular formula is C26H37BrN2O6. The van der Waals surface area contributed by atoms with E-state index in [-0.39, 0.29) is 23.3 Å². The molecule has 2 aromatic rings. The molecule has 2 aromatic carbocycles. The van der Waals surface area contributed by atoms with Gasteiger partial charge in [-0.3, -0.25) is 9.59 Å². The molecular weight excluding hydrogens is 516 g/mol. The van der Waals surface area contributed by atoms with Crippen LogP contribution in [0.2, 0.25) is 0 Å². The maximum absolute atomic E-state index is 12.1. The summed E-state index contributed by atoms with van der Waals surface area (Å²) in [5.74, 6) is 0.591. The fourth-order valence-corrected chi connectivity index (χ4v) is 3.86. The zero-order chi connectivity index (χ0) is 26.7. The highest BCUT2D eigenvalue weighted by atomic mass is 79.9. The summed E-state index contributed by atoms with van der Waals surface area (Å²) in [6, 6.07) is 6.16. The number of aromatic hydroxyl groups is 2. The minimum absolute atomic E-state index is 0.0553. The second-order valence-electron chi connectivity index (χ2n) is 7.66. The average Bonchev–Trinajstić information content (AvgIpc) is 3.41. The van der Waals surface area contributed by atoms with Crippen LogP contribution in [0.1, 0.15) is 59.9 Å². The summed E-state index contributed by atoms with van der Waals surface area (Å²) >= 11 is 3.37. The standard InChI is InChI=1S/C12H16BrNO3.C12H15NO3.C2H6/c1-5-14(2)12(15)8-6-10(16-3)11(17-4)7-9(8)13;1-8-6-10(14)11(15)7-9(8)12(16)13-4-2-3-5-13;1-2/h6-7H,5H2,1-4H3;6-7,14-15H,2-5H2,1H3;1-2H3. The quantitative estimate of drug-likeness (QED) is 0.493. The van der Waals surface area contributed by atoms with Crippen molar-refractivity contribution >= 4 is 27.7 Å². The van der Waals surface area contributed by atoms with E-state index in [2.05, 4.69) is 15.9 Å². The lowest BCUT2D eigenvalue weighted by atomic mass is 10.1. The number of phenolic OH excluding ortho intramolecular Hbond substituents is 2. The number of aryl methyl sites for hydroxylation is 1. The molecule has 0 spiro atoms. The zero-order valence-electron chi connectivity index (χ0n) is 21.6. The van der Waals surface area contributed by atoms with Crippen molar-refractivity contribution in [3.05, 3.63) is 45.4 Å². The first-order valence-corrected chi connectivity index (χ1v) is 12.4. The van der Waals surface area contributed by atoms with Crippen LogP contribution >= 0.6 is 15.9 Å². The third-order valence-corrected chi connectivity index (χ3v) is 6.13. The van der Waals surface area contributed by atoms with Gasteiger partial charge >= 0.3 is 0 Å². The van der Waals surface area contributed by atoms with Crippen LogP contribution in [0.4, 0.5) is 0 Å². The summed E-state index contributed by atoms with van der Waals surface area (Å²) < 4.78 is 11.0. The number of nitrogens with zero attached hydrogens (tertiary/aromatic N) is 2. The normalized spacial score (nSPS) is 12.1. The molecule has 1 fully saturated rings. The van der Waals surface area contributed by atoms with Crippen molar-refractivity contribution in [1.29, 1.82) is 0 Å². The van der Waals surface area contributed by atoms with Crippen LogP contribution in [0.15, 0.2) is 28.7 Å². The number of methoxy groups -OCH3 is 2. The summed E-state index contributed by atoms with van der Waals surface area (Å²) in [7, 11) is 4.86. The van der Waals surface area contributed by atoms with E-state index in [1.54, 1.807) is 50.1 Å². The third-order valence-electron chi connectivity index (χ3n) is 5.47. The highest BCUT2D eigenvalue weighted by molar-refractivity contribution is 9.10. The van der Waals surface area contributed by atoms with Crippen LogP contribution in [0, 0.1) is 6.92 Å². The van der Waals surface area contributed by atoms with Gasteiger partial charge in [-0.2, -0.15) is 0 Å². The summed E-state index contributed by atoms with van der Waals surface area (Å²) in [5, 5.41) is 18.7. The van der Waals surface area contributed by atoms with Crippen molar-refractivity contribution in [3.8, 4) is 23.0 Å². The molecule has 9 heteroatoms.